The fourth-order valence-corrected chi connectivity index (χ4v) is 3.97. The van der Waals surface area contributed by atoms with Gasteiger partial charge in [0.1, 0.15) is 5.82 Å². The number of nitrogens with one attached hydrogen (secondary N) is 2. The van der Waals surface area contributed by atoms with E-state index in [-0.39, 0.29) is 29.8 Å². The first kappa shape index (κ1) is 21.4. The smallest absolute Gasteiger partial charge is 0.191 e. The molecule has 2 fully saturated rings. The van der Waals surface area contributed by atoms with Gasteiger partial charge in [-0.3, -0.25) is 9.89 Å². The van der Waals surface area contributed by atoms with Crippen LogP contribution in [0.25, 0.3) is 0 Å². The third-order valence-electron chi connectivity index (χ3n) is 5.33. The lowest BCUT2D eigenvalue weighted by molar-refractivity contribution is 0.242. The lowest BCUT2D eigenvalue weighted by Gasteiger charge is -2.24. The molecule has 0 spiro atoms. The minimum absolute atomic E-state index is 0. The van der Waals surface area contributed by atoms with E-state index in [0.717, 1.165) is 37.1 Å². The van der Waals surface area contributed by atoms with Crippen LogP contribution in [0.4, 0.5) is 4.39 Å². The third-order valence-corrected chi connectivity index (χ3v) is 5.33. The van der Waals surface area contributed by atoms with E-state index in [0.29, 0.717) is 12.6 Å². The van der Waals surface area contributed by atoms with E-state index in [4.69, 9.17) is 4.99 Å². The maximum atomic E-state index is 13.0. The van der Waals surface area contributed by atoms with Gasteiger partial charge in [0.15, 0.2) is 5.96 Å². The Bertz CT molecular complexity index is 557. The Labute approximate surface area is 174 Å². The predicted molar refractivity (Wildman–Crippen MR) is 117 cm³/mol. The molecule has 1 saturated carbocycles. The van der Waals surface area contributed by atoms with Crippen LogP contribution in [0, 0.1) is 5.82 Å². The fraction of sp³-hybridized carbons (Fsp3) is 0.650. The Balaban J connectivity index is 0.00000243. The number of guanidine groups is 1. The lowest BCUT2D eigenvalue weighted by atomic mass is 10.1. The zero-order valence-corrected chi connectivity index (χ0v) is 18.0. The van der Waals surface area contributed by atoms with Crippen molar-refractivity contribution in [1.29, 1.82) is 0 Å². The number of likely N-dealkylation sites (tertiary alicyclic amines) is 1. The van der Waals surface area contributed by atoms with Gasteiger partial charge in [-0.2, -0.15) is 0 Å². The largest absolute Gasteiger partial charge is 0.357 e. The first-order chi connectivity index (χ1) is 12.2. The van der Waals surface area contributed by atoms with Crippen molar-refractivity contribution < 1.29 is 4.39 Å². The predicted octanol–water partition coefficient (Wildman–Crippen LogP) is 3.56. The van der Waals surface area contributed by atoms with Gasteiger partial charge in [0.2, 0.25) is 0 Å². The molecule has 1 aromatic rings. The first-order valence-electron chi connectivity index (χ1n) is 9.78. The van der Waals surface area contributed by atoms with Crippen LogP contribution in [-0.4, -0.2) is 49.1 Å². The highest BCUT2D eigenvalue weighted by Crippen LogP contribution is 2.26. The van der Waals surface area contributed by atoms with E-state index >= 15 is 0 Å². The van der Waals surface area contributed by atoms with Crippen molar-refractivity contribution >= 4 is 29.9 Å². The molecule has 2 aliphatic rings. The molecule has 0 aromatic heterocycles. The highest BCUT2D eigenvalue weighted by Gasteiger charge is 2.30. The number of nitrogens with zero attached hydrogens (tertiary/aromatic N) is 2. The van der Waals surface area contributed by atoms with Gasteiger partial charge in [-0.1, -0.05) is 25.0 Å². The van der Waals surface area contributed by atoms with Gasteiger partial charge >= 0.3 is 0 Å². The van der Waals surface area contributed by atoms with Crippen LogP contribution in [0.5, 0.6) is 0 Å². The summed E-state index contributed by atoms with van der Waals surface area (Å²) in [5, 5.41) is 6.95. The van der Waals surface area contributed by atoms with Gasteiger partial charge in [0.25, 0.3) is 0 Å². The van der Waals surface area contributed by atoms with Crippen molar-refractivity contribution in [2.45, 2.75) is 57.5 Å². The first-order valence-corrected chi connectivity index (χ1v) is 9.78. The van der Waals surface area contributed by atoms with E-state index in [1.54, 1.807) is 0 Å². The fourth-order valence-electron chi connectivity index (χ4n) is 3.97. The number of aliphatic imine (C=N–C) groups is 1. The number of rotatable bonds is 6. The van der Waals surface area contributed by atoms with Crippen molar-refractivity contribution in [2.24, 2.45) is 4.99 Å². The van der Waals surface area contributed by atoms with Gasteiger partial charge in [0, 0.05) is 38.3 Å². The number of halogens is 2. The normalized spacial score (nSPS) is 21.6. The average Bonchev–Trinajstić information content (AvgIpc) is 3.28. The Hall–Kier alpha value is -0.890. The maximum Gasteiger partial charge on any atom is 0.191 e. The van der Waals surface area contributed by atoms with Crippen molar-refractivity contribution in [3.05, 3.63) is 35.6 Å². The van der Waals surface area contributed by atoms with Gasteiger partial charge in [0.05, 0.1) is 0 Å². The molecule has 1 heterocycles. The lowest BCUT2D eigenvalue weighted by Crippen LogP contribution is -2.45. The van der Waals surface area contributed by atoms with Gasteiger partial charge < -0.3 is 10.6 Å². The summed E-state index contributed by atoms with van der Waals surface area (Å²) in [5.41, 5.74) is 1.12. The summed E-state index contributed by atoms with van der Waals surface area (Å²) < 4.78 is 13.0. The quantitative estimate of drug-likeness (QED) is 0.377. The number of hydrogen-bond donors (Lipinski definition) is 2. The van der Waals surface area contributed by atoms with Crippen LogP contribution in [-0.2, 0) is 6.42 Å². The van der Waals surface area contributed by atoms with E-state index in [2.05, 4.69) is 22.5 Å². The summed E-state index contributed by atoms with van der Waals surface area (Å²) in [7, 11) is 0. The van der Waals surface area contributed by atoms with Crippen molar-refractivity contribution in [3.8, 4) is 0 Å². The summed E-state index contributed by atoms with van der Waals surface area (Å²) in [6.45, 7) is 6.00. The number of benzene rings is 1. The molecule has 6 heteroatoms. The molecule has 1 unspecified atom stereocenters. The second kappa shape index (κ2) is 11.1. The highest BCUT2D eigenvalue weighted by molar-refractivity contribution is 14.0. The molecule has 2 N–H and O–H groups in total. The minimum Gasteiger partial charge on any atom is -0.357 e. The molecule has 1 aliphatic heterocycles. The molecule has 0 radical (unpaired) electrons. The summed E-state index contributed by atoms with van der Waals surface area (Å²) in [6, 6.07) is 8.00. The van der Waals surface area contributed by atoms with Crippen LogP contribution in [0.15, 0.2) is 29.3 Å². The molecular formula is C20H32FIN4. The molecule has 26 heavy (non-hydrogen) atoms. The van der Waals surface area contributed by atoms with Crippen molar-refractivity contribution in [3.63, 3.8) is 0 Å². The van der Waals surface area contributed by atoms with Crippen LogP contribution in [0.3, 0.4) is 0 Å². The standard InChI is InChI=1S/C20H31FN4.HI/c1-2-22-20(23-13-11-16-7-9-17(21)10-8-16)24-18-12-14-25(15-18)19-5-3-4-6-19;/h7-10,18-19H,2-6,11-15H2,1H3,(H2,22,23,24);1H. The molecule has 0 bridgehead atoms. The molecule has 1 atom stereocenters. The topological polar surface area (TPSA) is 39.7 Å². The maximum absolute atomic E-state index is 13.0. The van der Waals surface area contributed by atoms with Crippen molar-refractivity contribution in [2.75, 3.05) is 26.2 Å². The van der Waals surface area contributed by atoms with Crippen molar-refractivity contribution in [1.82, 2.24) is 15.5 Å². The van der Waals surface area contributed by atoms with Crippen LogP contribution in [0.2, 0.25) is 0 Å². The Morgan fingerprint density at radius 1 is 1.19 bits per heavy atom. The third kappa shape index (κ3) is 6.37. The Kier molecular flexibility index (Phi) is 9.11. The van der Waals surface area contributed by atoms with Crippen LogP contribution in [0.1, 0.15) is 44.6 Å². The SMILES string of the molecule is CCNC(=NCCc1ccc(F)cc1)NC1CCN(C2CCCC2)C1.I. The van der Waals surface area contributed by atoms with E-state index < -0.39 is 0 Å². The molecule has 1 aromatic carbocycles. The van der Waals surface area contributed by atoms with E-state index in [1.165, 1.54) is 50.8 Å². The molecule has 0 amide bonds. The summed E-state index contributed by atoms with van der Waals surface area (Å²) >= 11 is 0. The summed E-state index contributed by atoms with van der Waals surface area (Å²) in [6.07, 6.45) is 7.56. The average molecular weight is 474 g/mol. The van der Waals surface area contributed by atoms with Gasteiger partial charge in [-0.15, -0.1) is 24.0 Å². The second-order valence-corrected chi connectivity index (χ2v) is 7.20. The number of hydrogen-bond acceptors (Lipinski definition) is 2. The zero-order valence-electron chi connectivity index (χ0n) is 15.7. The zero-order chi connectivity index (χ0) is 17.5. The molecule has 4 nitrogen and oxygen atoms in total. The second-order valence-electron chi connectivity index (χ2n) is 7.20. The molecule has 146 valence electrons. The summed E-state index contributed by atoms with van der Waals surface area (Å²) in [4.78, 5) is 7.36. The molecular weight excluding hydrogens is 442 g/mol. The van der Waals surface area contributed by atoms with E-state index in [1.807, 2.05) is 12.1 Å². The summed E-state index contributed by atoms with van der Waals surface area (Å²) in [5.74, 6) is 0.721. The van der Waals surface area contributed by atoms with Gasteiger partial charge in [-0.25, -0.2) is 4.39 Å². The van der Waals surface area contributed by atoms with Crippen LogP contribution >= 0.6 is 24.0 Å². The Morgan fingerprint density at radius 2 is 1.92 bits per heavy atom. The van der Waals surface area contributed by atoms with Gasteiger partial charge in [-0.05, 0) is 50.3 Å². The Morgan fingerprint density at radius 3 is 2.62 bits per heavy atom. The monoisotopic (exact) mass is 474 g/mol. The molecule has 1 saturated heterocycles. The molecule has 1 aliphatic carbocycles. The minimum atomic E-state index is -0.185. The highest BCUT2D eigenvalue weighted by atomic mass is 127. The molecule has 3 rings (SSSR count). The van der Waals surface area contributed by atoms with E-state index in [9.17, 15) is 4.39 Å². The van der Waals surface area contributed by atoms with Crippen LogP contribution < -0.4 is 10.6 Å².